The maximum absolute atomic E-state index is 11.9. The standard InChI is InChI=1S/C17H18N2O4/c1-12-6-8-13(9-7-12)18-16(20)11-23-15-5-3-4-14(10-15)19-17(21)22-2/h3-10H,11H2,1-2H3,(H,18,20)(H,19,21). The lowest BCUT2D eigenvalue weighted by Gasteiger charge is -2.09. The fraction of sp³-hybridized carbons (Fsp3) is 0.176. The molecule has 0 heterocycles. The molecular formula is C17H18N2O4. The maximum Gasteiger partial charge on any atom is 0.411 e. The highest BCUT2D eigenvalue weighted by Gasteiger charge is 2.05. The van der Waals surface area contributed by atoms with Gasteiger partial charge in [0.1, 0.15) is 5.75 Å². The largest absolute Gasteiger partial charge is 0.484 e. The summed E-state index contributed by atoms with van der Waals surface area (Å²) >= 11 is 0. The summed E-state index contributed by atoms with van der Waals surface area (Å²) < 4.78 is 9.93. The van der Waals surface area contributed by atoms with Crippen molar-refractivity contribution in [1.29, 1.82) is 0 Å². The van der Waals surface area contributed by atoms with E-state index in [1.165, 1.54) is 7.11 Å². The SMILES string of the molecule is COC(=O)Nc1cccc(OCC(=O)Nc2ccc(C)cc2)c1. The van der Waals surface area contributed by atoms with Crippen molar-refractivity contribution in [3.63, 3.8) is 0 Å². The molecule has 2 aromatic carbocycles. The van der Waals surface area contributed by atoms with Crippen LogP contribution in [0.5, 0.6) is 5.75 Å². The van der Waals surface area contributed by atoms with E-state index in [1.54, 1.807) is 24.3 Å². The Labute approximate surface area is 134 Å². The van der Waals surface area contributed by atoms with Crippen LogP contribution in [0.15, 0.2) is 48.5 Å². The van der Waals surface area contributed by atoms with Gasteiger partial charge in [0.15, 0.2) is 6.61 Å². The van der Waals surface area contributed by atoms with Gasteiger partial charge in [-0.25, -0.2) is 4.79 Å². The normalized spacial score (nSPS) is 9.83. The van der Waals surface area contributed by atoms with E-state index in [0.717, 1.165) is 5.56 Å². The zero-order valence-electron chi connectivity index (χ0n) is 13.0. The zero-order valence-corrected chi connectivity index (χ0v) is 13.0. The van der Waals surface area contributed by atoms with Crippen LogP contribution in [0.25, 0.3) is 0 Å². The van der Waals surface area contributed by atoms with Crippen LogP contribution in [0.1, 0.15) is 5.56 Å². The molecule has 2 N–H and O–H groups in total. The van der Waals surface area contributed by atoms with Crippen LogP contribution in [0.2, 0.25) is 0 Å². The van der Waals surface area contributed by atoms with Crippen molar-refractivity contribution in [1.82, 2.24) is 0 Å². The lowest BCUT2D eigenvalue weighted by atomic mass is 10.2. The van der Waals surface area contributed by atoms with Gasteiger partial charge in [-0.15, -0.1) is 0 Å². The fourth-order valence-electron chi connectivity index (χ4n) is 1.82. The van der Waals surface area contributed by atoms with E-state index in [1.807, 2.05) is 31.2 Å². The zero-order chi connectivity index (χ0) is 16.7. The van der Waals surface area contributed by atoms with Crippen molar-refractivity contribution in [3.8, 4) is 5.75 Å². The maximum atomic E-state index is 11.9. The molecule has 0 aliphatic heterocycles. The van der Waals surface area contributed by atoms with Gasteiger partial charge in [-0.1, -0.05) is 23.8 Å². The van der Waals surface area contributed by atoms with Crippen LogP contribution in [0.3, 0.4) is 0 Å². The molecule has 2 rings (SSSR count). The number of benzene rings is 2. The summed E-state index contributed by atoms with van der Waals surface area (Å²) in [6, 6.07) is 14.2. The molecule has 6 nitrogen and oxygen atoms in total. The molecule has 6 heteroatoms. The number of carbonyl (C=O) groups is 2. The Kier molecular flexibility index (Phi) is 5.57. The van der Waals surface area contributed by atoms with E-state index in [0.29, 0.717) is 17.1 Å². The van der Waals surface area contributed by atoms with Gasteiger partial charge in [0.2, 0.25) is 0 Å². The highest BCUT2D eigenvalue weighted by atomic mass is 16.5. The van der Waals surface area contributed by atoms with Gasteiger partial charge in [0.25, 0.3) is 5.91 Å². The molecule has 0 unspecified atom stereocenters. The number of hydrogen-bond donors (Lipinski definition) is 2. The third-order valence-electron chi connectivity index (χ3n) is 2.97. The second-order valence-corrected chi connectivity index (χ2v) is 4.85. The second kappa shape index (κ2) is 7.84. The molecule has 2 amide bonds. The number of rotatable bonds is 5. The smallest absolute Gasteiger partial charge is 0.411 e. The third-order valence-corrected chi connectivity index (χ3v) is 2.97. The summed E-state index contributed by atoms with van der Waals surface area (Å²) in [6.07, 6.45) is -0.570. The first-order chi connectivity index (χ1) is 11.1. The summed E-state index contributed by atoms with van der Waals surface area (Å²) in [4.78, 5) is 23.0. The van der Waals surface area contributed by atoms with Gasteiger partial charge < -0.3 is 14.8 Å². The Morgan fingerprint density at radius 1 is 1.00 bits per heavy atom. The van der Waals surface area contributed by atoms with Gasteiger partial charge >= 0.3 is 6.09 Å². The lowest BCUT2D eigenvalue weighted by molar-refractivity contribution is -0.118. The van der Waals surface area contributed by atoms with Crippen LogP contribution in [0.4, 0.5) is 16.2 Å². The Balaban J connectivity index is 1.87. The van der Waals surface area contributed by atoms with E-state index in [2.05, 4.69) is 15.4 Å². The first kappa shape index (κ1) is 16.4. The number of methoxy groups -OCH3 is 1. The van der Waals surface area contributed by atoms with Crippen molar-refractivity contribution in [2.75, 3.05) is 24.4 Å². The molecule has 0 saturated heterocycles. The van der Waals surface area contributed by atoms with Gasteiger partial charge in [0.05, 0.1) is 7.11 Å². The molecule has 0 radical (unpaired) electrons. The molecule has 0 aliphatic rings. The van der Waals surface area contributed by atoms with Gasteiger partial charge in [0, 0.05) is 17.4 Å². The highest BCUT2D eigenvalue weighted by molar-refractivity contribution is 5.91. The van der Waals surface area contributed by atoms with Crippen molar-refractivity contribution < 1.29 is 19.1 Å². The highest BCUT2D eigenvalue weighted by Crippen LogP contribution is 2.17. The number of aryl methyl sites for hydroxylation is 1. The van der Waals surface area contributed by atoms with Gasteiger partial charge in [-0.2, -0.15) is 0 Å². The summed E-state index contributed by atoms with van der Waals surface area (Å²) in [7, 11) is 1.28. The summed E-state index contributed by atoms with van der Waals surface area (Å²) in [5.74, 6) is 0.207. The first-order valence-corrected chi connectivity index (χ1v) is 7.01. The Bertz CT molecular complexity index is 683. The number of anilines is 2. The van der Waals surface area contributed by atoms with E-state index in [-0.39, 0.29) is 12.5 Å². The number of carbonyl (C=O) groups excluding carboxylic acids is 2. The minimum absolute atomic E-state index is 0.129. The number of hydrogen-bond acceptors (Lipinski definition) is 4. The molecule has 0 atom stereocenters. The lowest BCUT2D eigenvalue weighted by Crippen LogP contribution is -2.20. The average Bonchev–Trinajstić information content (AvgIpc) is 2.55. The molecule has 0 spiro atoms. The Morgan fingerprint density at radius 3 is 2.43 bits per heavy atom. The molecule has 0 aromatic heterocycles. The molecule has 0 saturated carbocycles. The minimum atomic E-state index is -0.570. The fourth-order valence-corrected chi connectivity index (χ4v) is 1.82. The molecule has 0 aliphatic carbocycles. The molecule has 120 valence electrons. The van der Waals surface area contributed by atoms with Gasteiger partial charge in [-0.05, 0) is 31.2 Å². The topological polar surface area (TPSA) is 76.7 Å². The summed E-state index contributed by atoms with van der Waals surface area (Å²) in [5.41, 5.74) is 2.35. The van der Waals surface area contributed by atoms with Crippen LogP contribution in [-0.2, 0) is 9.53 Å². The molecule has 23 heavy (non-hydrogen) atoms. The second-order valence-electron chi connectivity index (χ2n) is 4.85. The Hall–Kier alpha value is -3.02. The van der Waals surface area contributed by atoms with Crippen molar-refractivity contribution in [2.24, 2.45) is 0 Å². The van der Waals surface area contributed by atoms with Crippen LogP contribution < -0.4 is 15.4 Å². The van der Waals surface area contributed by atoms with Crippen molar-refractivity contribution >= 4 is 23.4 Å². The summed E-state index contributed by atoms with van der Waals surface area (Å²) in [6.45, 7) is 1.85. The van der Waals surface area contributed by atoms with Gasteiger partial charge in [-0.3, -0.25) is 10.1 Å². The van der Waals surface area contributed by atoms with E-state index in [9.17, 15) is 9.59 Å². The van der Waals surface area contributed by atoms with E-state index in [4.69, 9.17) is 4.74 Å². The number of amides is 2. The van der Waals surface area contributed by atoms with E-state index >= 15 is 0 Å². The molecular weight excluding hydrogens is 296 g/mol. The van der Waals surface area contributed by atoms with Crippen LogP contribution in [0, 0.1) is 6.92 Å². The predicted octanol–water partition coefficient (Wildman–Crippen LogP) is 3.19. The molecule has 0 bridgehead atoms. The van der Waals surface area contributed by atoms with Crippen LogP contribution >= 0.6 is 0 Å². The third kappa shape index (κ3) is 5.35. The minimum Gasteiger partial charge on any atom is -0.484 e. The first-order valence-electron chi connectivity index (χ1n) is 7.01. The van der Waals surface area contributed by atoms with E-state index < -0.39 is 6.09 Å². The number of nitrogens with one attached hydrogen (secondary N) is 2. The monoisotopic (exact) mass is 314 g/mol. The van der Waals surface area contributed by atoms with Crippen molar-refractivity contribution in [3.05, 3.63) is 54.1 Å². The number of ether oxygens (including phenoxy) is 2. The summed E-state index contributed by atoms with van der Waals surface area (Å²) in [5, 5.41) is 5.26. The Morgan fingerprint density at radius 2 is 1.74 bits per heavy atom. The molecule has 2 aromatic rings. The van der Waals surface area contributed by atoms with Crippen LogP contribution in [-0.4, -0.2) is 25.7 Å². The predicted molar refractivity (Wildman–Crippen MR) is 87.8 cm³/mol. The van der Waals surface area contributed by atoms with Crippen molar-refractivity contribution in [2.45, 2.75) is 6.92 Å². The quantitative estimate of drug-likeness (QED) is 0.888. The molecule has 0 fully saturated rings. The average molecular weight is 314 g/mol.